The lowest BCUT2D eigenvalue weighted by Crippen LogP contribution is -2.45. The third-order valence-corrected chi connectivity index (χ3v) is 6.46. The summed E-state index contributed by atoms with van der Waals surface area (Å²) in [5.41, 5.74) is 1.56. The van der Waals surface area contributed by atoms with Crippen molar-refractivity contribution in [3.05, 3.63) is 84.3 Å². The quantitative estimate of drug-likeness (QED) is 0.387. The number of morpholine rings is 1. The van der Waals surface area contributed by atoms with Gasteiger partial charge in [-0.25, -0.2) is 4.79 Å². The number of nitrogens with zero attached hydrogens (tertiary/aromatic N) is 3. The third-order valence-electron chi connectivity index (χ3n) is 6.46. The number of hydrogen-bond donors (Lipinski definition) is 1. The van der Waals surface area contributed by atoms with Crippen molar-refractivity contribution in [2.45, 2.75) is 19.5 Å². The average molecular weight is 521 g/mol. The number of para-hydroxylation sites is 2. The van der Waals surface area contributed by atoms with Gasteiger partial charge in [0.2, 0.25) is 5.91 Å². The second kappa shape index (κ2) is 14.2. The molecule has 3 aromatic rings. The lowest BCUT2D eigenvalue weighted by atomic mass is 10.2. The number of ether oxygens (including phenoxy) is 2. The Hall–Kier alpha value is -3.82. The lowest BCUT2D eigenvalue weighted by molar-refractivity contribution is -0.133. The van der Waals surface area contributed by atoms with Crippen molar-refractivity contribution in [2.24, 2.45) is 0 Å². The van der Waals surface area contributed by atoms with Crippen molar-refractivity contribution in [3.63, 3.8) is 0 Å². The maximum atomic E-state index is 13.6. The molecule has 0 bridgehead atoms. The molecule has 1 saturated heterocycles. The van der Waals surface area contributed by atoms with Gasteiger partial charge >= 0.3 is 6.03 Å². The molecule has 202 valence electrons. The molecule has 0 aliphatic carbocycles. The first kappa shape index (κ1) is 27.2. The maximum absolute atomic E-state index is 13.6. The van der Waals surface area contributed by atoms with E-state index in [1.807, 2.05) is 48.5 Å². The minimum atomic E-state index is -0.345. The number of benzene rings is 2. The molecule has 0 radical (unpaired) electrons. The van der Waals surface area contributed by atoms with Gasteiger partial charge in [0, 0.05) is 32.7 Å². The van der Waals surface area contributed by atoms with Crippen molar-refractivity contribution in [2.75, 3.05) is 58.4 Å². The largest absolute Gasteiger partial charge is 0.495 e. The Bertz CT molecular complexity index is 1130. The van der Waals surface area contributed by atoms with Crippen molar-refractivity contribution in [1.29, 1.82) is 0 Å². The Kier molecular flexibility index (Phi) is 10.2. The van der Waals surface area contributed by atoms with Gasteiger partial charge in [-0.2, -0.15) is 0 Å². The van der Waals surface area contributed by atoms with Crippen LogP contribution in [-0.4, -0.2) is 79.7 Å². The molecule has 1 fully saturated rings. The number of nitrogens with one attached hydrogen (secondary N) is 1. The topological polar surface area (TPSA) is 87.5 Å². The van der Waals surface area contributed by atoms with Gasteiger partial charge in [-0.3, -0.25) is 9.69 Å². The number of carbonyl (C=O) groups is 2. The molecule has 1 aliphatic rings. The van der Waals surface area contributed by atoms with E-state index in [0.717, 1.165) is 44.8 Å². The van der Waals surface area contributed by atoms with Crippen LogP contribution in [0.15, 0.2) is 77.4 Å². The lowest BCUT2D eigenvalue weighted by Gasteiger charge is -2.30. The maximum Gasteiger partial charge on any atom is 0.322 e. The third kappa shape index (κ3) is 8.09. The molecule has 1 aliphatic heterocycles. The van der Waals surface area contributed by atoms with E-state index < -0.39 is 0 Å². The van der Waals surface area contributed by atoms with Crippen LogP contribution in [0.1, 0.15) is 17.7 Å². The van der Waals surface area contributed by atoms with Crippen LogP contribution < -0.4 is 10.1 Å². The second-order valence-corrected chi connectivity index (χ2v) is 9.17. The molecule has 1 N–H and O–H groups in total. The van der Waals surface area contributed by atoms with Gasteiger partial charge in [0.05, 0.1) is 38.8 Å². The number of amides is 3. The number of rotatable bonds is 12. The summed E-state index contributed by atoms with van der Waals surface area (Å²) in [4.78, 5) is 32.7. The molecule has 2 aromatic carbocycles. The van der Waals surface area contributed by atoms with Crippen molar-refractivity contribution < 1.29 is 23.5 Å². The summed E-state index contributed by atoms with van der Waals surface area (Å²) in [5.74, 6) is 1.09. The van der Waals surface area contributed by atoms with Crippen LogP contribution in [-0.2, 0) is 22.6 Å². The Morgan fingerprint density at radius 2 is 1.71 bits per heavy atom. The molecule has 2 heterocycles. The van der Waals surface area contributed by atoms with E-state index in [-0.39, 0.29) is 18.5 Å². The van der Waals surface area contributed by atoms with Gasteiger partial charge in [0.1, 0.15) is 18.1 Å². The average Bonchev–Trinajstić information content (AvgIpc) is 3.47. The smallest absolute Gasteiger partial charge is 0.322 e. The fraction of sp³-hybridized carbons (Fsp3) is 0.379. The summed E-state index contributed by atoms with van der Waals surface area (Å²) in [5, 5.41) is 2.93. The predicted molar refractivity (Wildman–Crippen MR) is 145 cm³/mol. The van der Waals surface area contributed by atoms with Crippen LogP contribution in [0, 0.1) is 0 Å². The van der Waals surface area contributed by atoms with Gasteiger partial charge in [-0.15, -0.1) is 0 Å². The summed E-state index contributed by atoms with van der Waals surface area (Å²) in [7, 11) is 1.56. The molecule has 9 nitrogen and oxygen atoms in total. The van der Waals surface area contributed by atoms with E-state index in [9.17, 15) is 9.59 Å². The zero-order valence-corrected chi connectivity index (χ0v) is 21.9. The minimum Gasteiger partial charge on any atom is -0.495 e. The first-order chi connectivity index (χ1) is 18.6. The SMILES string of the molecule is COc1ccccc1NC(=O)N(CCCN1CCOCC1)CC(=O)N(Cc1ccccc1)Cc1ccco1. The fourth-order valence-corrected chi connectivity index (χ4v) is 4.39. The molecule has 0 spiro atoms. The molecule has 0 saturated carbocycles. The fourth-order valence-electron chi connectivity index (χ4n) is 4.39. The Balaban J connectivity index is 1.47. The molecular formula is C29H36N4O5. The van der Waals surface area contributed by atoms with Gasteiger partial charge < -0.3 is 29.0 Å². The number of carbonyl (C=O) groups excluding carboxylic acids is 2. The second-order valence-electron chi connectivity index (χ2n) is 9.17. The highest BCUT2D eigenvalue weighted by Crippen LogP contribution is 2.23. The van der Waals surface area contributed by atoms with Crippen LogP contribution in [0.2, 0.25) is 0 Å². The summed E-state index contributed by atoms with van der Waals surface area (Å²) in [6, 6.07) is 20.4. The van der Waals surface area contributed by atoms with Gasteiger partial charge in [0.25, 0.3) is 0 Å². The van der Waals surface area contributed by atoms with Crippen LogP contribution in [0.3, 0.4) is 0 Å². The minimum absolute atomic E-state index is 0.0579. The van der Waals surface area contributed by atoms with Crippen molar-refractivity contribution in [1.82, 2.24) is 14.7 Å². The summed E-state index contributed by atoms with van der Waals surface area (Å²) >= 11 is 0. The van der Waals surface area contributed by atoms with E-state index in [2.05, 4.69) is 10.2 Å². The van der Waals surface area contributed by atoms with E-state index in [1.54, 1.807) is 41.4 Å². The summed E-state index contributed by atoms with van der Waals surface area (Å²) in [6.45, 7) is 5.13. The highest BCUT2D eigenvalue weighted by Gasteiger charge is 2.23. The highest BCUT2D eigenvalue weighted by atomic mass is 16.5. The molecule has 0 atom stereocenters. The van der Waals surface area contributed by atoms with Gasteiger partial charge in [-0.1, -0.05) is 42.5 Å². The molecule has 1 aromatic heterocycles. The number of furan rings is 1. The van der Waals surface area contributed by atoms with E-state index in [1.165, 1.54) is 0 Å². The molecule has 9 heteroatoms. The van der Waals surface area contributed by atoms with Crippen LogP contribution in [0.5, 0.6) is 5.75 Å². The number of urea groups is 1. The van der Waals surface area contributed by atoms with Crippen LogP contribution >= 0.6 is 0 Å². The summed E-state index contributed by atoms with van der Waals surface area (Å²) < 4.78 is 16.4. The monoisotopic (exact) mass is 520 g/mol. The first-order valence-corrected chi connectivity index (χ1v) is 13.0. The summed E-state index contributed by atoms with van der Waals surface area (Å²) in [6.07, 6.45) is 2.34. The van der Waals surface area contributed by atoms with Crippen LogP contribution in [0.25, 0.3) is 0 Å². The molecule has 38 heavy (non-hydrogen) atoms. The Morgan fingerprint density at radius 1 is 0.947 bits per heavy atom. The van der Waals surface area contributed by atoms with Crippen molar-refractivity contribution in [3.8, 4) is 5.75 Å². The van der Waals surface area contributed by atoms with E-state index >= 15 is 0 Å². The van der Waals surface area contributed by atoms with Gasteiger partial charge in [0.15, 0.2) is 0 Å². The standard InChI is InChI=1S/C29H36N4O5/c1-36-27-13-6-5-12-26(27)30-29(35)32(15-8-14-31-16-19-37-20-17-31)23-28(34)33(22-25-11-7-18-38-25)21-24-9-3-2-4-10-24/h2-7,9-13,18H,8,14-17,19-23H2,1H3,(H,30,35). The molecule has 3 amide bonds. The predicted octanol–water partition coefficient (Wildman–Crippen LogP) is 4.07. The normalized spacial score (nSPS) is 13.6. The van der Waals surface area contributed by atoms with E-state index in [4.69, 9.17) is 13.9 Å². The number of hydrogen-bond acceptors (Lipinski definition) is 6. The zero-order valence-electron chi connectivity index (χ0n) is 21.9. The van der Waals surface area contributed by atoms with E-state index in [0.29, 0.717) is 36.8 Å². The van der Waals surface area contributed by atoms with Crippen LogP contribution in [0.4, 0.5) is 10.5 Å². The number of anilines is 1. The molecular weight excluding hydrogens is 484 g/mol. The Morgan fingerprint density at radius 3 is 2.45 bits per heavy atom. The Labute approximate surface area is 223 Å². The highest BCUT2D eigenvalue weighted by molar-refractivity contribution is 5.93. The molecule has 0 unspecified atom stereocenters. The van der Waals surface area contributed by atoms with Crippen molar-refractivity contribution >= 4 is 17.6 Å². The molecule has 4 rings (SSSR count). The first-order valence-electron chi connectivity index (χ1n) is 13.0. The van der Waals surface area contributed by atoms with Gasteiger partial charge in [-0.05, 0) is 36.2 Å². The zero-order chi connectivity index (χ0) is 26.6. The number of methoxy groups -OCH3 is 1.